The first kappa shape index (κ1) is 14.8. The number of carboxylic acids is 1. The molecule has 0 aliphatic heterocycles. The van der Waals surface area contributed by atoms with Crippen LogP contribution >= 0.6 is 0 Å². The molecule has 2 rings (SSSR count). The standard InChI is InChI=1S/C16H22FNO2/c1-12-6-5-9-16(10-12,15(19)20)11-18(2)14-8-4-3-7-13(14)17/h3-4,7-8,12H,5-6,9-11H2,1-2H3,(H,19,20). The predicted molar refractivity (Wildman–Crippen MR) is 77.4 cm³/mol. The molecule has 0 amide bonds. The van der Waals surface area contributed by atoms with Gasteiger partial charge in [0.15, 0.2) is 0 Å². The van der Waals surface area contributed by atoms with Crippen LogP contribution in [-0.4, -0.2) is 24.7 Å². The molecule has 0 bridgehead atoms. The van der Waals surface area contributed by atoms with Gasteiger partial charge in [-0.1, -0.05) is 31.9 Å². The minimum absolute atomic E-state index is 0.306. The monoisotopic (exact) mass is 279 g/mol. The Labute approximate surface area is 119 Å². The van der Waals surface area contributed by atoms with Crippen molar-refractivity contribution in [2.24, 2.45) is 11.3 Å². The molecule has 2 unspecified atom stereocenters. The number of carbonyl (C=O) groups is 1. The molecule has 1 N–H and O–H groups in total. The average molecular weight is 279 g/mol. The molecule has 0 spiro atoms. The molecule has 110 valence electrons. The second-order valence-electron chi connectivity index (χ2n) is 6.09. The lowest BCUT2D eigenvalue weighted by Crippen LogP contribution is -2.45. The number of hydrogen-bond acceptors (Lipinski definition) is 2. The Morgan fingerprint density at radius 2 is 2.20 bits per heavy atom. The zero-order valence-corrected chi connectivity index (χ0v) is 12.1. The molecular weight excluding hydrogens is 257 g/mol. The lowest BCUT2D eigenvalue weighted by molar-refractivity contribution is -0.151. The molecule has 1 aromatic carbocycles. The van der Waals surface area contributed by atoms with E-state index in [-0.39, 0.29) is 5.82 Å². The van der Waals surface area contributed by atoms with Crippen LogP contribution < -0.4 is 4.90 Å². The predicted octanol–water partition coefficient (Wildman–Crippen LogP) is 3.54. The molecule has 0 saturated heterocycles. The normalized spacial score (nSPS) is 26.2. The SMILES string of the molecule is CC1CCCC(CN(C)c2ccccc2F)(C(=O)O)C1. The summed E-state index contributed by atoms with van der Waals surface area (Å²) in [6.45, 7) is 2.45. The minimum Gasteiger partial charge on any atom is -0.481 e. The van der Waals surface area contributed by atoms with E-state index in [0.717, 1.165) is 12.8 Å². The van der Waals surface area contributed by atoms with Gasteiger partial charge in [-0.2, -0.15) is 0 Å². The van der Waals surface area contributed by atoms with Crippen LogP contribution in [0.1, 0.15) is 32.6 Å². The van der Waals surface area contributed by atoms with E-state index in [0.29, 0.717) is 31.0 Å². The number of carboxylic acid groups (broad SMARTS) is 1. The zero-order chi connectivity index (χ0) is 14.8. The molecule has 2 atom stereocenters. The van der Waals surface area contributed by atoms with Crippen molar-refractivity contribution < 1.29 is 14.3 Å². The Bertz CT molecular complexity index is 491. The lowest BCUT2D eigenvalue weighted by atomic mass is 9.69. The molecular formula is C16H22FNO2. The summed E-state index contributed by atoms with van der Waals surface area (Å²) in [6.07, 6.45) is 3.35. The number of anilines is 1. The molecule has 1 aromatic rings. The highest BCUT2D eigenvalue weighted by molar-refractivity contribution is 5.76. The number of nitrogens with zero attached hydrogens (tertiary/aromatic N) is 1. The first-order chi connectivity index (χ1) is 9.44. The fraction of sp³-hybridized carbons (Fsp3) is 0.562. The molecule has 20 heavy (non-hydrogen) atoms. The van der Waals surface area contributed by atoms with Crippen molar-refractivity contribution in [3.8, 4) is 0 Å². The van der Waals surface area contributed by atoms with Crippen LogP contribution in [0, 0.1) is 17.2 Å². The van der Waals surface area contributed by atoms with Crippen molar-refractivity contribution >= 4 is 11.7 Å². The van der Waals surface area contributed by atoms with Crippen molar-refractivity contribution in [1.29, 1.82) is 0 Å². The highest BCUT2D eigenvalue weighted by Gasteiger charge is 2.42. The van der Waals surface area contributed by atoms with E-state index in [4.69, 9.17) is 0 Å². The van der Waals surface area contributed by atoms with Gasteiger partial charge in [0, 0.05) is 13.6 Å². The largest absolute Gasteiger partial charge is 0.481 e. The summed E-state index contributed by atoms with van der Waals surface area (Å²) >= 11 is 0. The van der Waals surface area contributed by atoms with Crippen LogP contribution in [-0.2, 0) is 4.79 Å². The lowest BCUT2D eigenvalue weighted by Gasteiger charge is -2.39. The Hall–Kier alpha value is -1.58. The second-order valence-corrected chi connectivity index (χ2v) is 6.09. The maximum absolute atomic E-state index is 13.8. The molecule has 1 aliphatic carbocycles. The van der Waals surface area contributed by atoms with Crippen LogP contribution in [0.4, 0.5) is 10.1 Å². The molecule has 0 aromatic heterocycles. The van der Waals surface area contributed by atoms with Gasteiger partial charge in [-0.25, -0.2) is 4.39 Å². The van der Waals surface area contributed by atoms with Crippen molar-refractivity contribution in [2.75, 3.05) is 18.5 Å². The number of benzene rings is 1. The first-order valence-electron chi connectivity index (χ1n) is 7.14. The number of rotatable bonds is 4. The Morgan fingerprint density at radius 1 is 1.50 bits per heavy atom. The van der Waals surface area contributed by atoms with Crippen molar-refractivity contribution in [2.45, 2.75) is 32.6 Å². The van der Waals surface area contributed by atoms with E-state index in [1.807, 2.05) is 0 Å². The zero-order valence-electron chi connectivity index (χ0n) is 12.1. The first-order valence-corrected chi connectivity index (χ1v) is 7.14. The fourth-order valence-corrected chi connectivity index (χ4v) is 3.37. The van der Waals surface area contributed by atoms with Crippen LogP contribution in [0.3, 0.4) is 0 Å². The van der Waals surface area contributed by atoms with Gasteiger partial charge < -0.3 is 10.0 Å². The third kappa shape index (κ3) is 2.94. The molecule has 1 aliphatic rings. The maximum atomic E-state index is 13.8. The third-order valence-electron chi connectivity index (χ3n) is 4.35. The van der Waals surface area contributed by atoms with E-state index in [1.165, 1.54) is 6.07 Å². The highest BCUT2D eigenvalue weighted by atomic mass is 19.1. The molecule has 1 saturated carbocycles. The second kappa shape index (κ2) is 5.81. The third-order valence-corrected chi connectivity index (χ3v) is 4.35. The molecule has 4 heteroatoms. The van der Waals surface area contributed by atoms with Crippen molar-refractivity contribution in [1.82, 2.24) is 0 Å². The maximum Gasteiger partial charge on any atom is 0.311 e. The summed E-state index contributed by atoms with van der Waals surface area (Å²) in [7, 11) is 1.77. The average Bonchev–Trinajstić information content (AvgIpc) is 2.38. The number of hydrogen-bond donors (Lipinski definition) is 1. The van der Waals surface area contributed by atoms with Crippen molar-refractivity contribution in [3.63, 3.8) is 0 Å². The molecule has 3 nitrogen and oxygen atoms in total. The fourth-order valence-electron chi connectivity index (χ4n) is 3.37. The number of aliphatic carboxylic acids is 1. The number of halogens is 1. The summed E-state index contributed by atoms with van der Waals surface area (Å²) in [6, 6.07) is 6.51. The Balaban J connectivity index is 2.20. The van der Waals surface area contributed by atoms with Gasteiger partial charge in [0.05, 0.1) is 11.1 Å². The van der Waals surface area contributed by atoms with Gasteiger partial charge in [-0.3, -0.25) is 4.79 Å². The van der Waals surface area contributed by atoms with Gasteiger partial charge >= 0.3 is 5.97 Å². The molecule has 0 radical (unpaired) electrons. The molecule has 0 heterocycles. The van der Waals surface area contributed by atoms with Crippen LogP contribution in [0.15, 0.2) is 24.3 Å². The van der Waals surface area contributed by atoms with Crippen LogP contribution in [0.5, 0.6) is 0 Å². The van der Waals surface area contributed by atoms with E-state index >= 15 is 0 Å². The van der Waals surface area contributed by atoms with Crippen LogP contribution in [0.25, 0.3) is 0 Å². The van der Waals surface area contributed by atoms with E-state index < -0.39 is 11.4 Å². The number of para-hydroxylation sites is 1. The van der Waals surface area contributed by atoms with E-state index in [2.05, 4.69) is 6.92 Å². The van der Waals surface area contributed by atoms with Gasteiger partial charge in [0.2, 0.25) is 0 Å². The van der Waals surface area contributed by atoms with Crippen LogP contribution in [0.2, 0.25) is 0 Å². The summed E-state index contributed by atoms with van der Waals surface area (Å²) in [5.74, 6) is -0.652. The smallest absolute Gasteiger partial charge is 0.311 e. The summed E-state index contributed by atoms with van der Waals surface area (Å²) in [5.41, 5.74) is -0.291. The van der Waals surface area contributed by atoms with Gasteiger partial charge in [0.25, 0.3) is 0 Å². The van der Waals surface area contributed by atoms with Gasteiger partial charge in [0.1, 0.15) is 5.82 Å². The highest BCUT2D eigenvalue weighted by Crippen LogP contribution is 2.41. The quantitative estimate of drug-likeness (QED) is 0.916. The summed E-state index contributed by atoms with van der Waals surface area (Å²) < 4.78 is 13.8. The topological polar surface area (TPSA) is 40.5 Å². The van der Waals surface area contributed by atoms with E-state index in [9.17, 15) is 14.3 Å². The molecule has 1 fully saturated rings. The summed E-state index contributed by atoms with van der Waals surface area (Å²) in [5, 5.41) is 9.65. The van der Waals surface area contributed by atoms with Gasteiger partial charge in [-0.15, -0.1) is 0 Å². The Kier molecular flexibility index (Phi) is 4.31. The Morgan fingerprint density at radius 3 is 2.80 bits per heavy atom. The van der Waals surface area contributed by atoms with E-state index in [1.54, 1.807) is 30.1 Å². The van der Waals surface area contributed by atoms with Gasteiger partial charge in [-0.05, 0) is 30.9 Å². The summed E-state index contributed by atoms with van der Waals surface area (Å²) in [4.78, 5) is 13.5. The van der Waals surface area contributed by atoms with Crippen molar-refractivity contribution in [3.05, 3.63) is 30.1 Å². The minimum atomic E-state index is -0.757.